The quantitative estimate of drug-likeness (QED) is 0.822. The Morgan fingerprint density at radius 2 is 2.17 bits per heavy atom. The van der Waals surface area contributed by atoms with Gasteiger partial charge in [0, 0.05) is 51.5 Å². The van der Waals surface area contributed by atoms with E-state index in [0.29, 0.717) is 25.4 Å². The highest BCUT2D eigenvalue weighted by atomic mass is 16.2. The van der Waals surface area contributed by atoms with E-state index in [1.54, 1.807) is 12.5 Å². The molecule has 3 heterocycles. The van der Waals surface area contributed by atoms with Crippen LogP contribution in [0.4, 0.5) is 0 Å². The Bertz CT molecular complexity index is 611. The van der Waals surface area contributed by atoms with Gasteiger partial charge in [-0.25, -0.2) is 4.98 Å². The van der Waals surface area contributed by atoms with Crippen molar-refractivity contribution >= 4 is 11.8 Å². The SMILES string of the molecule is O=C(CCn1ccnc1)N1CCC2(CCCN(CC3CC3)C2=O)C1. The summed E-state index contributed by atoms with van der Waals surface area (Å²) in [6.07, 6.45) is 11.2. The number of nitrogens with zero attached hydrogens (tertiary/aromatic N) is 4. The van der Waals surface area contributed by atoms with Crippen molar-refractivity contribution in [3.8, 4) is 0 Å². The lowest BCUT2D eigenvalue weighted by Gasteiger charge is -2.39. The predicted octanol–water partition coefficient (Wildman–Crippen LogP) is 1.52. The second-order valence-corrected chi connectivity index (χ2v) is 7.69. The van der Waals surface area contributed by atoms with E-state index in [4.69, 9.17) is 0 Å². The van der Waals surface area contributed by atoms with E-state index in [-0.39, 0.29) is 11.3 Å². The van der Waals surface area contributed by atoms with Crippen molar-refractivity contribution in [3.63, 3.8) is 0 Å². The van der Waals surface area contributed by atoms with Crippen LogP contribution in [0.3, 0.4) is 0 Å². The average molecular weight is 330 g/mol. The smallest absolute Gasteiger partial charge is 0.230 e. The molecule has 0 aromatic carbocycles. The number of piperidine rings is 1. The highest BCUT2D eigenvalue weighted by Gasteiger charge is 2.49. The third-order valence-electron chi connectivity index (χ3n) is 5.85. The summed E-state index contributed by atoms with van der Waals surface area (Å²) < 4.78 is 1.92. The molecule has 1 atom stereocenters. The third-order valence-corrected chi connectivity index (χ3v) is 5.85. The third kappa shape index (κ3) is 3.06. The minimum atomic E-state index is -0.294. The van der Waals surface area contributed by atoms with Gasteiger partial charge in [0.1, 0.15) is 0 Å². The molecule has 1 saturated carbocycles. The molecule has 1 aromatic rings. The lowest BCUT2D eigenvalue weighted by molar-refractivity contribution is -0.146. The van der Waals surface area contributed by atoms with Gasteiger partial charge in [-0.15, -0.1) is 0 Å². The molecule has 0 radical (unpaired) electrons. The van der Waals surface area contributed by atoms with Crippen LogP contribution in [0.1, 0.15) is 38.5 Å². The Morgan fingerprint density at radius 1 is 1.29 bits per heavy atom. The van der Waals surface area contributed by atoms with Crippen LogP contribution < -0.4 is 0 Å². The predicted molar refractivity (Wildman–Crippen MR) is 89.0 cm³/mol. The van der Waals surface area contributed by atoms with Crippen LogP contribution in [0.15, 0.2) is 18.7 Å². The molecule has 0 bridgehead atoms. The molecular formula is C18H26N4O2. The van der Waals surface area contributed by atoms with Gasteiger partial charge >= 0.3 is 0 Å². The summed E-state index contributed by atoms with van der Waals surface area (Å²) in [5, 5.41) is 0. The number of hydrogen-bond donors (Lipinski definition) is 0. The van der Waals surface area contributed by atoms with Gasteiger partial charge in [0.05, 0.1) is 11.7 Å². The minimum absolute atomic E-state index is 0.160. The number of likely N-dealkylation sites (tertiary alicyclic amines) is 2. The summed E-state index contributed by atoms with van der Waals surface area (Å²) in [6, 6.07) is 0. The Labute approximate surface area is 142 Å². The number of hydrogen-bond acceptors (Lipinski definition) is 3. The van der Waals surface area contributed by atoms with E-state index in [0.717, 1.165) is 44.8 Å². The van der Waals surface area contributed by atoms with Gasteiger partial charge in [-0.2, -0.15) is 0 Å². The van der Waals surface area contributed by atoms with Gasteiger partial charge in [-0.3, -0.25) is 9.59 Å². The van der Waals surface area contributed by atoms with Gasteiger partial charge in [0.15, 0.2) is 0 Å². The first kappa shape index (κ1) is 15.7. The summed E-state index contributed by atoms with van der Waals surface area (Å²) in [4.78, 5) is 33.5. The van der Waals surface area contributed by atoms with Gasteiger partial charge in [0.2, 0.25) is 11.8 Å². The molecule has 2 aliphatic heterocycles. The van der Waals surface area contributed by atoms with E-state index >= 15 is 0 Å². The van der Waals surface area contributed by atoms with Crippen LogP contribution in [0.5, 0.6) is 0 Å². The van der Waals surface area contributed by atoms with Crippen LogP contribution >= 0.6 is 0 Å². The van der Waals surface area contributed by atoms with E-state index in [1.807, 2.05) is 15.7 Å². The molecule has 1 spiro atoms. The number of carbonyl (C=O) groups excluding carboxylic acids is 2. The average Bonchev–Trinajstić information content (AvgIpc) is 3.09. The molecule has 6 heteroatoms. The van der Waals surface area contributed by atoms with Gasteiger partial charge < -0.3 is 14.4 Å². The van der Waals surface area contributed by atoms with Crippen LogP contribution in [0, 0.1) is 11.3 Å². The summed E-state index contributed by atoms with van der Waals surface area (Å²) in [7, 11) is 0. The van der Waals surface area contributed by atoms with Crippen molar-refractivity contribution in [2.45, 2.75) is 45.1 Å². The fourth-order valence-electron chi connectivity index (χ4n) is 4.20. The molecule has 1 aliphatic carbocycles. The molecule has 2 saturated heterocycles. The number of carbonyl (C=O) groups is 2. The maximum Gasteiger partial charge on any atom is 0.230 e. The monoisotopic (exact) mass is 330 g/mol. The summed E-state index contributed by atoms with van der Waals surface area (Å²) in [5.41, 5.74) is -0.294. The first-order valence-corrected chi connectivity index (χ1v) is 9.19. The molecule has 4 rings (SSSR count). The second-order valence-electron chi connectivity index (χ2n) is 7.69. The lowest BCUT2D eigenvalue weighted by atomic mass is 9.78. The van der Waals surface area contributed by atoms with Crippen molar-refractivity contribution in [1.29, 1.82) is 0 Å². The van der Waals surface area contributed by atoms with Crippen molar-refractivity contribution in [3.05, 3.63) is 18.7 Å². The zero-order valence-corrected chi connectivity index (χ0v) is 14.2. The van der Waals surface area contributed by atoms with Gasteiger partial charge in [-0.1, -0.05) is 0 Å². The normalized spacial score (nSPS) is 27.2. The van der Waals surface area contributed by atoms with E-state index in [1.165, 1.54) is 12.8 Å². The maximum atomic E-state index is 13.0. The topological polar surface area (TPSA) is 58.4 Å². The molecule has 3 aliphatic rings. The molecule has 1 aromatic heterocycles. The highest BCUT2D eigenvalue weighted by molar-refractivity contribution is 5.86. The second kappa shape index (κ2) is 6.22. The van der Waals surface area contributed by atoms with Crippen LogP contribution in [0.25, 0.3) is 0 Å². The van der Waals surface area contributed by atoms with Crippen LogP contribution in [-0.4, -0.2) is 57.3 Å². The summed E-state index contributed by atoms with van der Waals surface area (Å²) in [5.74, 6) is 1.21. The summed E-state index contributed by atoms with van der Waals surface area (Å²) in [6.45, 7) is 3.85. The van der Waals surface area contributed by atoms with E-state index in [9.17, 15) is 9.59 Å². The molecule has 130 valence electrons. The molecule has 24 heavy (non-hydrogen) atoms. The van der Waals surface area contributed by atoms with Crippen molar-refractivity contribution in [1.82, 2.24) is 19.4 Å². The minimum Gasteiger partial charge on any atom is -0.342 e. The van der Waals surface area contributed by atoms with Gasteiger partial charge in [-0.05, 0) is 38.0 Å². The first-order chi connectivity index (χ1) is 11.7. The Hall–Kier alpha value is -1.85. The number of rotatable bonds is 5. The number of imidazole rings is 1. The van der Waals surface area contributed by atoms with Crippen molar-refractivity contribution in [2.75, 3.05) is 26.2 Å². The van der Waals surface area contributed by atoms with Crippen LogP contribution in [0.2, 0.25) is 0 Å². The fraction of sp³-hybridized carbons (Fsp3) is 0.722. The first-order valence-electron chi connectivity index (χ1n) is 9.19. The Morgan fingerprint density at radius 3 is 2.92 bits per heavy atom. The molecule has 0 N–H and O–H groups in total. The number of aromatic nitrogens is 2. The summed E-state index contributed by atoms with van der Waals surface area (Å²) >= 11 is 0. The Kier molecular flexibility index (Phi) is 4.06. The van der Waals surface area contributed by atoms with Crippen molar-refractivity contribution in [2.24, 2.45) is 11.3 Å². The molecule has 2 amide bonds. The zero-order valence-electron chi connectivity index (χ0n) is 14.2. The van der Waals surface area contributed by atoms with E-state index < -0.39 is 0 Å². The van der Waals surface area contributed by atoms with E-state index in [2.05, 4.69) is 9.88 Å². The molecule has 6 nitrogen and oxygen atoms in total. The number of amides is 2. The van der Waals surface area contributed by atoms with Crippen LogP contribution in [-0.2, 0) is 16.1 Å². The van der Waals surface area contributed by atoms with Crippen molar-refractivity contribution < 1.29 is 9.59 Å². The van der Waals surface area contributed by atoms with Gasteiger partial charge in [0.25, 0.3) is 0 Å². The maximum absolute atomic E-state index is 13.0. The molecular weight excluding hydrogens is 304 g/mol. The fourth-order valence-corrected chi connectivity index (χ4v) is 4.20. The largest absolute Gasteiger partial charge is 0.342 e. The molecule has 1 unspecified atom stereocenters. The number of aryl methyl sites for hydroxylation is 1. The zero-order chi connectivity index (χ0) is 16.6. The Balaban J connectivity index is 1.35. The standard InChI is InChI=1S/C18H26N4O2/c23-16(4-9-20-11-7-19-14-20)22-10-6-18(13-22)5-1-8-21(17(18)24)12-15-2-3-15/h7,11,14-15H,1-6,8-10,12-13H2. The molecule has 3 fully saturated rings. The lowest BCUT2D eigenvalue weighted by Crippen LogP contribution is -2.51. The highest BCUT2D eigenvalue weighted by Crippen LogP contribution is 2.41.